The van der Waals surface area contributed by atoms with E-state index < -0.39 is 11.2 Å². The summed E-state index contributed by atoms with van der Waals surface area (Å²) < 4.78 is 5.18. The smallest absolute Gasteiger partial charge is 0.325 e. The van der Waals surface area contributed by atoms with E-state index in [2.05, 4.69) is 20.4 Å². The van der Waals surface area contributed by atoms with Gasteiger partial charge in [-0.05, 0) is 32.6 Å². The Labute approximate surface area is 124 Å². The quantitative estimate of drug-likeness (QED) is 0.759. The van der Waals surface area contributed by atoms with Crippen LogP contribution in [0.15, 0.2) is 14.1 Å². The van der Waals surface area contributed by atoms with Crippen molar-refractivity contribution in [2.24, 2.45) is 0 Å². The van der Waals surface area contributed by atoms with Crippen molar-refractivity contribution in [3.8, 4) is 0 Å². The average Bonchev–Trinajstić information content (AvgIpc) is 2.86. The molecular weight excluding hydrogens is 288 g/mol. The van der Waals surface area contributed by atoms with Crippen LogP contribution in [0.4, 0.5) is 5.88 Å². The Balaban J connectivity index is 1.78. The molecular formula is C14H16N4O4. The van der Waals surface area contributed by atoms with Gasteiger partial charge in [-0.15, -0.1) is 0 Å². The molecule has 3 N–H and O–H groups in total. The number of carbonyl (C=O) groups is 1. The van der Waals surface area contributed by atoms with Crippen LogP contribution in [-0.4, -0.2) is 21.0 Å². The van der Waals surface area contributed by atoms with Gasteiger partial charge < -0.3 is 9.51 Å². The number of H-pyrrole nitrogens is 2. The van der Waals surface area contributed by atoms with Crippen molar-refractivity contribution in [2.45, 2.75) is 39.0 Å². The minimum atomic E-state index is -0.587. The molecule has 0 spiro atoms. The third-order valence-corrected chi connectivity index (χ3v) is 3.81. The summed E-state index contributed by atoms with van der Waals surface area (Å²) in [6, 6.07) is 0. The monoisotopic (exact) mass is 304 g/mol. The number of rotatable bonds is 3. The van der Waals surface area contributed by atoms with Crippen LogP contribution in [0.2, 0.25) is 0 Å². The number of aromatic nitrogens is 3. The largest absolute Gasteiger partial charge is 0.338 e. The summed E-state index contributed by atoms with van der Waals surface area (Å²) in [5.41, 5.74) is 1.28. The predicted octanol–water partition coefficient (Wildman–Crippen LogP) is 0.420. The highest BCUT2D eigenvalue weighted by molar-refractivity contribution is 5.91. The van der Waals surface area contributed by atoms with E-state index in [0.29, 0.717) is 11.6 Å². The van der Waals surface area contributed by atoms with Crippen LogP contribution >= 0.6 is 0 Å². The van der Waals surface area contributed by atoms with Gasteiger partial charge in [0.05, 0.1) is 12.1 Å². The van der Waals surface area contributed by atoms with E-state index in [1.165, 1.54) is 0 Å². The second-order valence-electron chi connectivity index (χ2n) is 5.38. The fourth-order valence-corrected chi connectivity index (χ4v) is 2.66. The van der Waals surface area contributed by atoms with Crippen LogP contribution in [0.25, 0.3) is 0 Å². The molecule has 8 heteroatoms. The summed E-state index contributed by atoms with van der Waals surface area (Å²) in [4.78, 5) is 39.6. The van der Waals surface area contributed by atoms with Gasteiger partial charge >= 0.3 is 5.69 Å². The highest BCUT2D eigenvalue weighted by Gasteiger charge is 2.21. The number of fused-ring (bicyclic) bond motifs is 1. The Morgan fingerprint density at radius 2 is 2.05 bits per heavy atom. The molecule has 116 valence electrons. The van der Waals surface area contributed by atoms with E-state index >= 15 is 0 Å². The molecule has 1 aliphatic carbocycles. The molecule has 22 heavy (non-hydrogen) atoms. The first-order valence-electron chi connectivity index (χ1n) is 7.14. The van der Waals surface area contributed by atoms with Gasteiger partial charge in [-0.25, -0.2) is 4.79 Å². The number of carbonyl (C=O) groups excluding carboxylic acids is 1. The normalized spacial score (nSPS) is 13.7. The summed E-state index contributed by atoms with van der Waals surface area (Å²) in [6.07, 6.45) is 3.64. The van der Waals surface area contributed by atoms with Crippen molar-refractivity contribution in [1.29, 1.82) is 0 Å². The third kappa shape index (κ3) is 2.72. The minimum absolute atomic E-state index is 0.145. The van der Waals surface area contributed by atoms with E-state index in [-0.39, 0.29) is 17.9 Å². The van der Waals surface area contributed by atoms with Crippen molar-refractivity contribution < 1.29 is 9.32 Å². The Hall–Kier alpha value is -2.64. The fourth-order valence-electron chi connectivity index (χ4n) is 2.66. The van der Waals surface area contributed by atoms with Crippen molar-refractivity contribution in [3.63, 3.8) is 0 Å². The summed E-state index contributed by atoms with van der Waals surface area (Å²) in [7, 11) is 0. The molecule has 0 fully saturated rings. The number of anilines is 1. The van der Waals surface area contributed by atoms with Crippen molar-refractivity contribution in [2.75, 3.05) is 5.32 Å². The van der Waals surface area contributed by atoms with Gasteiger partial charge in [0.15, 0.2) is 0 Å². The van der Waals surface area contributed by atoms with Crippen LogP contribution in [0.3, 0.4) is 0 Å². The van der Waals surface area contributed by atoms with E-state index in [0.717, 1.165) is 36.9 Å². The molecule has 0 bridgehead atoms. The second-order valence-corrected chi connectivity index (χ2v) is 5.38. The topological polar surface area (TPSA) is 121 Å². The number of nitrogens with zero attached hydrogens (tertiary/aromatic N) is 1. The number of aryl methyl sites for hydroxylation is 2. The molecule has 8 nitrogen and oxygen atoms in total. The predicted molar refractivity (Wildman–Crippen MR) is 77.9 cm³/mol. The maximum atomic E-state index is 12.1. The molecule has 3 rings (SSSR count). The lowest BCUT2D eigenvalue weighted by molar-refractivity contribution is -0.115. The van der Waals surface area contributed by atoms with Crippen LogP contribution in [0.5, 0.6) is 0 Å². The van der Waals surface area contributed by atoms with Gasteiger partial charge in [0, 0.05) is 16.8 Å². The van der Waals surface area contributed by atoms with Crippen LogP contribution in [-0.2, 0) is 24.1 Å². The zero-order valence-electron chi connectivity index (χ0n) is 12.1. The van der Waals surface area contributed by atoms with Gasteiger partial charge in [-0.2, -0.15) is 0 Å². The summed E-state index contributed by atoms with van der Waals surface area (Å²) in [5.74, 6) is -0.0246. The van der Waals surface area contributed by atoms with E-state index in [9.17, 15) is 14.4 Å². The zero-order chi connectivity index (χ0) is 15.7. The number of aromatic amines is 2. The molecule has 1 amide bonds. The summed E-state index contributed by atoms with van der Waals surface area (Å²) >= 11 is 0. The molecule has 0 saturated carbocycles. The number of amides is 1. The van der Waals surface area contributed by atoms with Gasteiger partial charge in [-0.1, -0.05) is 5.16 Å². The Kier molecular flexibility index (Phi) is 3.66. The number of hydrogen-bond donors (Lipinski definition) is 3. The molecule has 2 heterocycles. The van der Waals surface area contributed by atoms with Gasteiger partial charge in [0.1, 0.15) is 0 Å². The molecule has 2 aromatic heterocycles. The molecule has 0 aliphatic heterocycles. The molecule has 0 radical (unpaired) electrons. The molecule has 2 aromatic rings. The van der Waals surface area contributed by atoms with Crippen molar-refractivity contribution >= 4 is 11.8 Å². The minimum Gasteiger partial charge on any atom is -0.338 e. The van der Waals surface area contributed by atoms with Crippen LogP contribution in [0.1, 0.15) is 35.4 Å². The summed E-state index contributed by atoms with van der Waals surface area (Å²) in [6.45, 7) is 1.58. The summed E-state index contributed by atoms with van der Waals surface area (Å²) in [5, 5.41) is 6.61. The molecule has 1 aliphatic rings. The number of hydrogen-bond acceptors (Lipinski definition) is 5. The van der Waals surface area contributed by atoms with E-state index in [1.807, 2.05) is 0 Å². The maximum Gasteiger partial charge on any atom is 0.325 e. The SMILES string of the molecule is Cc1[nH]c(=O)[nH]c(=O)c1CC(=O)Nc1onc2c1CCCC2. The first-order chi connectivity index (χ1) is 10.5. The zero-order valence-corrected chi connectivity index (χ0v) is 12.1. The lowest BCUT2D eigenvalue weighted by Crippen LogP contribution is -2.29. The van der Waals surface area contributed by atoms with Crippen LogP contribution < -0.4 is 16.6 Å². The standard InChI is InChI=1S/C14H16N4O4/c1-7-9(12(20)17-14(21)15-7)6-11(19)16-13-8-4-2-3-5-10(8)18-22-13/h2-6H2,1H3,(H,16,19)(H2,15,17,20,21). The lowest BCUT2D eigenvalue weighted by Gasteiger charge is -2.09. The highest BCUT2D eigenvalue weighted by Crippen LogP contribution is 2.27. The van der Waals surface area contributed by atoms with E-state index in [4.69, 9.17) is 4.52 Å². The highest BCUT2D eigenvalue weighted by atomic mass is 16.5. The van der Waals surface area contributed by atoms with Gasteiger partial charge in [0.2, 0.25) is 11.8 Å². The number of nitrogens with one attached hydrogen (secondary N) is 3. The Morgan fingerprint density at radius 3 is 2.82 bits per heavy atom. The molecule has 0 saturated heterocycles. The Bertz CT molecular complexity index is 830. The molecule has 0 aromatic carbocycles. The molecule has 0 unspecified atom stereocenters. The first kappa shape index (κ1) is 14.3. The fraction of sp³-hybridized carbons (Fsp3) is 0.429. The van der Waals surface area contributed by atoms with E-state index in [1.54, 1.807) is 6.92 Å². The second kappa shape index (κ2) is 5.63. The van der Waals surface area contributed by atoms with Crippen molar-refractivity contribution in [3.05, 3.63) is 43.4 Å². The first-order valence-corrected chi connectivity index (χ1v) is 7.14. The molecule has 0 atom stereocenters. The van der Waals surface area contributed by atoms with Crippen LogP contribution in [0, 0.1) is 6.92 Å². The Morgan fingerprint density at radius 1 is 1.27 bits per heavy atom. The van der Waals surface area contributed by atoms with Gasteiger partial charge in [-0.3, -0.25) is 19.9 Å². The third-order valence-electron chi connectivity index (χ3n) is 3.81. The van der Waals surface area contributed by atoms with Gasteiger partial charge in [0.25, 0.3) is 5.56 Å². The lowest BCUT2D eigenvalue weighted by atomic mass is 9.97. The average molecular weight is 304 g/mol. The van der Waals surface area contributed by atoms with Crippen molar-refractivity contribution in [1.82, 2.24) is 15.1 Å². The maximum absolute atomic E-state index is 12.1.